The first-order valence-electron chi connectivity index (χ1n) is 28.5. The quantitative estimate of drug-likeness (QED) is 0.0362. The second kappa shape index (κ2) is 52.7. The average molecular weight is 877 g/mol. The number of rotatable bonds is 53. The van der Waals surface area contributed by atoms with Crippen LogP contribution < -0.4 is 5.32 Å². The van der Waals surface area contributed by atoms with Gasteiger partial charge in [-0.1, -0.05) is 289 Å². The van der Waals surface area contributed by atoms with Gasteiger partial charge in [0, 0.05) is 0 Å². The minimum Gasteiger partial charge on any atom is -0.394 e. The molecule has 3 unspecified atom stereocenters. The number of unbranched alkanes of at least 4 members (excludes halogenated alkanes) is 42. The van der Waals surface area contributed by atoms with Crippen molar-refractivity contribution >= 4 is 5.91 Å². The molecule has 0 aliphatic rings. The zero-order valence-corrected chi connectivity index (χ0v) is 42.3. The monoisotopic (exact) mass is 876 g/mol. The highest BCUT2D eigenvalue weighted by molar-refractivity contribution is 5.76. The summed E-state index contributed by atoms with van der Waals surface area (Å²) in [6.07, 6.45) is 65.1. The van der Waals surface area contributed by atoms with Crippen molar-refractivity contribution in [1.82, 2.24) is 5.32 Å². The van der Waals surface area contributed by atoms with Gasteiger partial charge in [-0.3, -0.25) is 4.79 Å². The highest BCUT2D eigenvalue weighted by Crippen LogP contribution is 2.18. The number of carbonyl (C=O) groups is 1. The van der Waals surface area contributed by atoms with Crippen molar-refractivity contribution in [2.45, 2.75) is 340 Å². The fourth-order valence-corrected chi connectivity index (χ4v) is 9.23. The van der Waals surface area contributed by atoms with E-state index in [1.54, 1.807) is 0 Å². The van der Waals surface area contributed by atoms with E-state index in [9.17, 15) is 20.1 Å². The molecule has 0 aliphatic carbocycles. The molecule has 0 aromatic carbocycles. The van der Waals surface area contributed by atoms with Gasteiger partial charge in [-0.05, 0) is 38.5 Å². The van der Waals surface area contributed by atoms with Gasteiger partial charge in [0.05, 0.1) is 31.3 Å². The van der Waals surface area contributed by atoms with Crippen molar-refractivity contribution in [2.24, 2.45) is 0 Å². The van der Waals surface area contributed by atoms with Crippen molar-refractivity contribution in [3.05, 3.63) is 12.2 Å². The maximum atomic E-state index is 12.5. The number of aliphatic hydroxyl groups is 3. The normalized spacial score (nSPS) is 13.3. The van der Waals surface area contributed by atoms with E-state index in [0.717, 1.165) is 25.7 Å². The van der Waals surface area contributed by atoms with Crippen LogP contribution in [0.3, 0.4) is 0 Å². The molecule has 370 valence electrons. The second-order valence-electron chi connectivity index (χ2n) is 19.9. The molecule has 0 aliphatic heterocycles. The summed E-state index contributed by atoms with van der Waals surface area (Å²) in [5.41, 5.74) is 0. The molecule has 0 bridgehead atoms. The minimum absolute atomic E-state index is 0.0389. The topological polar surface area (TPSA) is 89.8 Å². The molecule has 0 saturated carbocycles. The van der Waals surface area contributed by atoms with Crippen LogP contribution in [0, 0.1) is 0 Å². The first-order chi connectivity index (χ1) is 30.5. The molecule has 0 aromatic heterocycles. The Balaban J connectivity index is 3.52. The van der Waals surface area contributed by atoms with E-state index in [2.05, 4.69) is 31.3 Å². The molecule has 0 rings (SSSR count). The van der Waals surface area contributed by atoms with Gasteiger partial charge in [0.1, 0.15) is 0 Å². The number of hydrogen-bond donors (Lipinski definition) is 4. The van der Waals surface area contributed by atoms with Crippen molar-refractivity contribution in [2.75, 3.05) is 6.61 Å². The number of amides is 1. The molecule has 0 heterocycles. The van der Waals surface area contributed by atoms with Crippen molar-refractivity contribution in [1.29, 1.82) is 0 Å². The Labute approximate surface area is 389 Å². The fraction of sp³-hybridized carbons (Fsp3) is 0.947. The van der Waals surface area contributed by atoms with E-state index in [4.69, 9.17) is 0 Å². The molecule has 5 nitrogen and oxygen atoms in total. The van der Waals surface area contributed by atoms with E-state index >= 15 is 0 Å². The van der Waals surface area contributed by atoms with Gasteiger partial charge in [-0.2, -0.15) is 0 Å². The SMILES string of the molecule is CCCCCCCCCCCCCC/C=C\CCCCCCCCCCCC(O)CC(=O)NC(CO)C(O)CCCCCCCCCCCCCCCCCCCCCCCC. The molecular weight excluding hydrogens is 763 g/mol. The molecule has 0 aromatic rings. The second-order valence-corrected chi connectivity index (χ2v) is 19.9. The van der Waals surface area contributed by atoms with Gasteiger partial charge in [-0.25, -0.2) is 0 Å². The van der Waals surface area contributed by atoms with E-state index in [1.165, 1.54) is 263 Å². The van der Waals surface area contributed by atoms with Crippen LogP contribution in [0.15, 0.2) is 12.2 Å². The summed E-state index contributed by atoms with van der Waals surface area (Å²) in [5, 5.41) is 33.7. The van der Waals surface area contributed by atoms with Gasteiger partial charge in [-0.15, -0.1) is 0 Å². The zero-order chi connectivity index (χ0) is 45.1. The standard InChI is InChI=1S/C57H113NO4/c1-3-5-7-9-11-13-15-17-19-21-23-25-27-28-29-30-32-34-36-38-40-42-44-46-48-50-54(60)52-57(62)58-55(53-59)56(61)51-49-47-45-43-41-39-37-35-33-31-26-24-22-20-18-16-14-12-10-8-6-4-2/h28-29,54-56,59-61H,3-27,30-53H2,1-2H3,(H,58,62)/b29-28-. The Morgan fingerprint density at radius 2 is 0.645 bits per heavy atom. The molecule has 4 N–H and O–H groups in total. The summed E-state index contributed by atoms with van der Waals surface area (Å²) in [6, 6.07) is -0.657. The van der Waals surface area contributed by atoms with E-state index in [-0.39, 0.29) is 18.9 Å². The van der Waals surface area contributed by atoms with E-state index in [1.807, 2.05) is 0 Å². The summed E-state index contributed by atoms with van der Waals surface area (Å²) in [7, 11) is 0. The number of hydrogen-bond acceptors (Lipinski definition) is 4. The van der Waals surface area contributed by atoms with Crippen LogP contribution in [0.2, 0.25) is 0 Å². The van der Waals surface area contributed by atoms with Crippen LogP contribution >= 0.6 is 0 Å². The Morgan fingerprint density at radius 1 is 0.387 bits per heavy atom. The number of aliphatic hydroxyl groups excluding tert-OH is 3. The zero-order valence-electron chi connectivity index (χ0n) is 42.3. The number of carbonyl (C=O) groups excluding carboxylic acids is 1. The van der Waals surface area contributed by atoms with Crippen LogP contribution in [-0.2, 0) is 4.79 Å². The Morgan fingerprint density at radius 3 is 0.935 bits per heavy atom. The highest BCUT2D eigenvalue weighted by atomic mass is 16.3. The average Bonchev–Trinajstić information content (AvgIpc) is 3.27. The largest absolute Gasteiger partial charge is 0.394 e. The number of allylic oxidation sites excluding steroid dienone is 2. The summed E-state index contributed by atoms with van der Waals surface area (Å²) in [5.74, 6) is -0.278. The maximum absolute atomic E-state index is 12.5. The molecular formula is C57H113NO4. The lowest BCUT2D eigenvalue weighted by atomic mass is 10.0. The minimum atomic E-state index is -0.748. The molecule has 0 radical (unpaired) electrons. The lowest BCUT2D eigenvalue weighted by Crippen LogP contribution is -2.46. The van der Waals surface area contributed by atoms with Crippen LogP contribution in [0.4, 0.5) is 0 Å². The highest BCUT2D eigenvalue weighted by Gasteiger charge is 2.21. The molecule has 5 heteroatoms. The summed E-state index contributed by atoms with van der Waals surface area (Å²) < 4.78 is 0. The van der Waals surface area contributed by atoms with Gasteiger partial charge in [0.15, 0.2) is 0 Å². The predicted octanol–water partition coefficient (Wildman–Crippen LogP) is 17.5. The Kier molecular flexibility index (Phi) is 51.9. The summed E-state index contributed by atoms with van der Waals surface area (Å²) in [6.45, 7) is 4.31. The van der Waals surface area contributed by atoms with Crippen LogP contribution in [0.1, 0.15) is 322 Å². The van der Waals surface area contributed by atoms with E-state index in [0.29, 0.717) is 12.8 Å². The van der Waals surface area contributed by atoms with Gasteiger partial charge in [0.25, 0.3) is 0 Å². The maximum Gasteiger partial charge on any atom is 0.222 e. The third-order valence-corrected chi connectivity index (χ3v) is 13.6. The van der Waals surface area contributed by atoms with Gasteiger partial charge >= 0.3 is 0 Å². The molecule has 3 atom stereocenters. The third-order valence-electron chi connectivity index (χ3n) is 13.6. The smallest absolute Gasteiger partial charge is 0.222 e. The fourth-order valence-electron chi connectivity index (χ4n) is 9.23. The number of nitrogens with one attached hydrogen (secondary N) is 1. The van der Waals surface area contributed by atoms with Crippen LogP contribution in [0.25, 0.3) is 0 Å². The molecule has 0 spiro atoms. The first-order valence-corrected chi connectivity index (χ1v) is 28.5. The summed E-state index contributed by atoms with van der Waals surface area (Å²) >= 11 is 0. The Bertz CT molecular complexity index is 879. The lowest BCUT2D eigenvalue weighted by Gasteiger charge is -2.23. The molecule has 1 amide bonds. The predicted molar refractivity (Wildman–Crippen MR) is 273 cm³/mol. The Hall–Kier alpha value is -0.910. The molecule has 0 fully saturated rings. The lowest BCUT2D eigenvalue weighted by molar-refractivity contribution is -0.125. The van der Waals surface area contributed by atoms with Crippen molar-refractivity contribution in [3.8, 4) is 0 Å². The van der Waals surface area contributed by atoms with Gasteiger partial charge < -0.3 is 20.6 Å². The van der Waals surface area contributed by atoms with E-state index < -0.39 is 18.2 Å². The summed E-state index contributed by atoms with van der Waals surface area (Å²) in [4.78, 5) is 12.5. The third kappa shape index (κ3) is 48.5. The molecule has 62 heavy (non-hydrogen) atoms. The molecule has 0 saturated heterocycles. The van der Waals surface area contributed by atoms with Crippen molar-refractivity contribution < 1.29 is 20.1 Å². The van der Waals surface area contributed by atoms with Crippen LogP contribution in [-0.4, -0.2) is 46.1 Å². The van der Waals surface area contributed by atoms with Crippen LogP contribution in [0.5, 0.6) is 0 Å². The van der Waals surface area contributed by atoms with Gasteiger partial charge in [0.2, 0.25) is 5.91 Å². The van der Waals surface area contributed by atoms with Crippen molar-refractivity contribution in [3.63, 3.8) is 0 Å². The first kappa shape index (κ1) is 61.1.